The topological polar surface area (TPSA) is 89.3 Å². The summed E-state index contributed by atoms with van der Waals surface area (Å²) < 4.78 is 0. The number of aromatic carboxylic acids is 1. The number of rotatable bonds is 1. The highest BCUT2D eigenvalue weighted by Crippen LogP contribution is 2.13. The van der Waals surface area contributed by atoms with Crippen molar-refractivity contribution in [3.8, 4) is 0 Å². The number of hydrogen-bond donors (Lipinski definition) is 3. The van der Waals surface area contributed by atoms with Crippen LogP contribution in [0.4, 0.5) is 0 Å². The first-order valence-corrected chi connectivity index (χ1v) is 3.41. The molecule has 0 aromatic heterocycles. The second-order valence-electron chi connectivity index (χ2n) is 1.78. The second kappa shape index (κ2) is 5.54. The van der Waals surface area contributed by atoms with Crippen molar-refractivity contribution in [1.82, 2.24) is 0 Å². The summed E-state index contributed by atoms with van der Waals surface area (Å²) in [5, 5.41) is 8.75. The molecule has 0 bridgehead atoms. The molecule has 0 spiro atoms. The van der Waals surface area contributed by atoms with Gasteiger partial charge in [-0.1, -0.05) is 23.7 Å². The molecule has 0 saturated carbocycles. The molecule has 0 atom stereocenters. The fourth-order valence-corrected chi connectivity index (χ4v) is 0.851. The Kier molecular flexibility index (Phi) is 5.03. The Morgan fingerprint density at radius 1 is 1.33 bits per heavy atom. The van der Waals surface area contributed by atoms with Crippen molar-refractivity contribution in [2.24, 2.45) is 11.7 Å². The molecule has 0 aliphatic rings. The molecule has 4 nitrogen and oxygen atoms in total. The number of carbonyl (C=O) groups is 1. The molecule has 0 unspecified atom stereocenters. The zero-order chi connectivity index (χ0) is 9.56. The van der Waals surface area contributed by atoms with Crippen LogP contribution >= 0.6 is 11.6 Å². The van der Waals surface area contributed by atoms with Crippen molar-refractivity contribution in [2.45, 2.75) is 0 Å². The lowest BCUT2D eigenvalue weighted by atomic mass is 10.2. The summed E-state index contributed by atoms with van der Waals surface area (Å²) in [5.41, 5.74) is 0.143. The normalized spacial score (nSPS) is 8.25. The zero-order valence-corrected chi connectivity index (χ0v) is 6.95. The number of carboxylic acid groups (broad SMARTS) is 1. The highest BCUT2D eigenvalue weighted by Gasteiger charge is 2.04. The van der Waals surface area contributed by atoms with Gasteiger partial charge in [0.15, 0.2) is 0 Å². The van der Waals surface area contributed by atoms with E-state index in [0.717, 1.165) is 0 Å². The third kappa shape index (κ3) is 2.87. The number of hydrogen-bond acceptors (Lipinski definition) is 3. The van der Waals surface area contributed by atoms with Crippen LogP contribution < -0.4 is 11.7 Å². The highest BCUT2D eigenvalue weighted by atomic mass is 35.5. The number of nitrogens with two attached hydrogens (primary N) is 2. The van der Waals surface area contributed by atoms with Crippen molar-refractivity contribution >= 4 is 17.6 Å². The van der Waals surface area contributed by atoms with Gasteiger partial charge in [0.1, 0.15) is 0 Å². The van der Waals surface area contributed by atoms with Gasteiger partial charge in [0.05, 0.1) is 10.6 Å². The molecule has 12 heavy (non-hydrogen) atoms. The summed E-state index contributed by atoms with van der Waals surface area (Å²) in [6.07, 6.45) is 0. The lowest BCUT2D eigenvalue weighted by Crippen LogP contribution is -2.02. The first kappa shape index (κ1) is 10.9. The molecule has 5 heteroatoms. The molecular weight excluding hydrogens is 180 g/mol. The van der Waals surface area contributed by atoms with E-state index in [2.05, 4.69) is 11.7 Å². The maximum Gasteiger partial charge on any atom is 0.337 e. The summed E-state index contributed by atoms with van der Waals surface area (Å²) in [6.45, 7) is 0. The molecule has 0 heterocycles. The summed E-state index contributed by atoms with van der Waals surface area (Å²) >= 11 is 5.54. The molecule has 1 aromatic carbocycles. The molecule has 5 N–H and O–H groups in total. The molecule has 66 valence electrons. The summed E-state index contributed by atoms with van der Waals surface area (Å²) in [4.78, 5) is 10.3. The highest BCUT2D eigenvalue weighted by molar-refractivity contribution is 6.33. The van der Waals surface area contributed by atoms with Crippen molar-refractivity contribution in [3.63, 3.8) is 0 Å². The van der Waals surface area contributed by atoms with Gasteiger partial charge in [0, 0.05) is 0 Å². The van der Waals surface area contributed by atoms with Gasteiger partial charge in [-0.05, 0) is 12.1 Å². The van der Waals surface area contributed by atoms with Crippen LogP contribution in [0.1, 0.15) is 10.4 Å². The lowest BCUT2D eigenvalue weighted by molar-refractivity contribution is 0.0697. The van der Waals surface area contributed by atoms with E-state index in [-0.39, 0.29) is 10.6 Å². The molecule has 0 saturated heterocycles. The van der Waals surface area contributed by atoms with Crippen LogP contribution in [0.2, 0.25) is 5.02 Å². The fraction of sp³-hybridized carbons (Fsp3) is 0. The van der Waals surface area contributed by atoms with Gasteiger partial charge in [-0.25, -0.2) is 4.79 Å². The van der Waals surface area contributed by atoms with Gasteiger partial charge < -0.3 is 5.11 Å². The largest absolute Gasteiger partial charge is 0.478 e. The summed E-state index contributed by atoms with van der Waals surface area (Å²) in [6, 6.07) is 6.33. The maximum absolute atomic E-state index is 10.3. The van der Waals surface area contributed by atoms with E-state index in [4.69, 9.17) is 16.7 Å². The molecule has 0 aliphatic heterocycles. The van der Waals surface area contributed by atoms with Crippen molar-refractivity contribution in [2.75, 3.05) is 0 Å². The van der Waals surface area contributed by atoms with Crippen LogP contribution in [0.3, 0.4) is 0 Å². The van der Waals surface area contributed by atoms with E-state index in [1.807, 2.05) is 0 Å². The van der Waals surface area contributed by atoms with Gasteiger partial charge in [0.2, 0.25) is 0 Å². The van der Waals surface area contributed by atoms with E-state index >= 15 is 0 Å². The summed E-state index contributed by atoms with van der Waals surface area (Å²) in [7, 11) is 0. The van der Waals surface area contributed by atoms with Gasteiger partial charge in [-0.15, -0.1) is 0 Å². The third-order valence-electron chi connectivity index (χ3n) is 1.10. The van der Waals surface area contributed by atoms with Gasteiger partial charge in [-0.2, -0.15) is 0 Å². The second-order valence-corrected chi connectivity index (χ2v) is 2.19. The lowest BCUT2D eigenvalue weighted by Gasteiger charge is -1.94. The van der Waals surface area contributed by atoms with Crippen LogP contribution in [0.5, 0.6) is 0 Å². The van der Waals surface area contributed by atoms with Gasteiger partial charge in [-0.3, -0.25) is 11.7 Å². The van der Waals surface area contributed by atoms with E-state index < -0.39 is 5.97 Å². The Bertz CT molecular complexity index is 265. The number of halogens is 1. The minimum Gasteiger partial charge on any atom is -0.478 e. The van der Waals surface area contributed by atoms with Crippen molar-refractivity contribution < 1.29 is 9.90 Å². The van der Waals surface area contributed by atoms with Crippen LogP contribution in [0.15, 0.2) is 24.3 Å². The summed E-state index contributed by atoms with van der Waals surface area (Å²) in [5.74, 6) is 7.01. The molecule has 1 rings (SSSR count). The molecule has 0 radical (unpaired) electrons. The van der Waals surface area contributed by atoms with Crippen LogP contribution in [0.25, 0.3) is 0 Å². The minimum atomic E-state index is -0.995. The zero-order valence-electron chi connectivity index (χ0n) is 6.20. The predicted octanol–water partition coefficient (Wildman–Crippen LogP) is 0.857. The minimum absolute atomic E-state index is 0.143. The fourth-order valence-electron chi connectivity index (χ4n) is 0.635. The molecular formula is C7H9ClN2O2. The number of benzene rings is 1. The standard InChI is InChI=1S/C7H5ClO2.H4N2/c8-6-4-2-1-3-5(6)7(9)10;1-2/h1-4H,(H,9,10);1-2H2. The molecule has 0 amide bonds. The van der Waals surface area contributed by atoms with Gasteiger partial charge >= 0.3 is 5.97 Å². The predicted molar refractivity (Wildman–Crippen MR) is 46.8 cm³/mol. The first-order valence-electron chi connectivity index (χ1n) is 3.03. The van der Waals surface area contributed by atoms with Crippen LogP contribution in [0, 0.1) is 0 Å². The maximum atomic E-state index is 10.3. The Balaban J connectivity index is 0.000000561. The Morgan fingerprint density at radius 3 is 2.17 bits per heavy atom. The number of hydrazine groups is 1. The van der Waals surface area contributed by atoms with E-state index in [1.165, 1.54) is 6.07 Å². The Hall–Kier alpha value is -1.10. The first-order chi connectivity index (χ1) is 5.72. The monoisotopic (exact) mass is 188 g/mol. The molecule has 0 aliphatic carbocycles. The van der Waals surface area contributed by atoms with Crippen molar-refractivity contribution in [1.29, 1.82) is 0 Å². The van der Waals surface area contributed by atoms with Crippen LogP contribution in [-0.2, 0) is 0 Å². The van der Waals surface area contributed by atoms with Crippen molar-refractivity contribution in [3.05, 3.63) is 34.9 Å². The molecule has 0 fully saturated rings. The Labute approximate surface area is 74.7 Å². The smallest absolute Gasteiger partial charge is 0.337 e. The number of carboxylic acids is 1. The van der Waals surface area contributed by atoms with E-state index in [0.29, 0.717) is 0 Å². The van der Waals surface area contributed by atoms with E-state index in [9.17, 15) is 4.79 Å². The molecule has 1 aromatic rings. The Morgan fingerprint density at radius 2 is 1.83 bits per heavy atom. The van der Waals surface area contributed by atoms with E-state index in [1.54, 1.807) is 18.2 Å². The van der Waals surface area contributed by atoms with Gasteiger partial charge in [0.25, 0.3) is 0 Å². The SMILES string of the molecule is NN.O=C(O)c1ccccc1Cl. The average molecular weight is 189 g/mol. The average Bonchev–Trinajstić information content (AvgIpc) is 2.08. The quantitative estimate of drug-likeness (QED) is 0.450. The third-order valence-corrected chi connectivity index (χ3v) is 1.43. The van der Waals surface area contributed by atoms with Crippen LogP contribution in [-0.4, -0.2) is 11.1 Å².